The van der Waals surface area contributed by atoms with Crippen LogP contribution in [0.1, 0.15) is 37.2 Å². The van der Waals surface area contributed by atoms with Gasteiger partial charge in [-0.05, 0) is 50.1 Å². The summed E-state index contributed by atoms with van der Waals surface area (Å²) in [6, 6.07) is 6.36. The predicted molar refractivity (Wildman–Crippen MR) is 140 cm³/mol. The van der Waals surface area contributed by atoms with E-state index >= 15 is 0 Å². The van der Waals surface area contributed by atoms with Gasteiger partial charge in [0.15, 0.2) is 0 Å². The van der Waals surface area contributed by atoms with Gasteiger partial charge in [-0.3, -0.25) is 38.8 Å². The first-order valence-corrected chi connectivity index (χ1v) is 12.5. The second-order valence-electron chi connectivity index (χ2n) is 9.63. The van der Waals surface area contributed by atoms with Crippen molar-refractivity contribution in [3.63, 3.8) is 0 Å². The van der Waals surface area contributed by atoms with Crippen LogP contribution in [-0.4, -0.2) is 50.7 Å². The smallest absolute Gasteiger partial charge is 0.323 e. The average Bonchev–Trinajstić information content (AvgIpc) is 3.11. The van der Waals surface area contributed by atoms with Crippen molar-refractivity contribution in [3.8, 4) is 0 Å². The zero-order chi connectivity index (χ0) is 28.9. The highest BCUT2D eigenvalue weighted by Crippen LogP contribution is 2.31. The molecular weight excluding hydrogens is 547 g/mol. The molecule has 3 N–H and O–H groups in total. The fourth-order valence-corrected chi connectivity index (χ4v) is 5.08. The number of carbonyl (C=O) groups excluding carboxylic acids is 5. The number of para-hydroxylation sites is 1. The normalized spacial score (nSPS) is 21.0. The third kappa shape index (κ3) is 4.47. The number of imide groups is 2. The summed E-state index contributed by atoms with van der Waals surface area (Å²) in [4.78, 5) is 81.2. The molecule has 0 saturated carbocycles. The van der Waals surface area contributed by atoms with E-state index in [0.717, 1.165) is 6.07 Å². The predicted octanol–water partition coefficient (Wildman–Crippen LogP) is 1.88. The minimum atomic E-state index is -1.58. The van der Waals surface area contributed by atoms with Gasteiger partial charge >= 0.3 is 6.03 Å². The van der Waals surface area contributed by atoms with Crippen LogP contribution in [0.3, 0.4) is 0 Å². The van der Waals surface area contributed by atoms with Gasteiger partial charge in [0.1, 0.15) is 35.3 Å². The van der Waals surface area contributed by atoms with Crippen molar-refractivity contribution in [2.45, 2.75) is 38.3 Å². The molecule has 206 valence electrons. The minimum absolute atomic E-state index is 0.0759. The average molecular weight is 569 g/mol. The number of aryl methyl sites for hydroxylation is 1. The van der Waals surface area contributed by atoms with Crippen molar-refractivity contribution < 1.29 is 28.4 Å². The Hall–Kier alpha value is -4.65. The maximum atomic E-state index is 13.6. The molecule has 5 rings (SSSR count). The van der Waals surface area contributed by atoms with Crippen molar-refractivity contribution >= 4 is 57.9 Å². The van der Waals surface area contributed by atoms with Crippen LogP contribution in [0, 0.1) is 12.7 Å². The van der Waals surface area contributed by atoms with E-state index in [1.54, 1.807) is 0 Å². The number of piperidine rings is 1. The lowest BCUT2D eigenvalue weighted by atomic mass is 9.92. The summed E-state index contributed by atoms with van der Waals surface area (Å²) in [5.74, 6) is -3.00. The van der Waals surface area contributed by atoms with Crippen molar-refractivity contribution in [2.24, 2.45) is 0 Å². The highest BCUT2D eigenvalue weighted by atomic mass is 35.5. The Kier molecular flexibility index (Phi) is 6.62. The molecular formula is C26H22ClFN6O6. The number of carbonyl (C=O) groups is 5. The number of aromatic nitrogens is 2. The molecule has 0 spiro atoms. The number of halogens is 2. The van der Waals surface area contributed by atoms with Crippen LogP contribution in [0.2, 0.25) is 5.02 Å². The fraction of sp³-hybridized carbons (Fsp3) is 0.269. The molecule has 3 heterocycles. The maximum absolute atomic E-state index is 13.6. The van der Waals surface area contributed by atoms with Crippen molar-refractivity contribution in [2.75, 3.05) is 11.9 Å². The largest absolute Gasteiger partial charge is 0.325 e. The molecule has 0 aliphatic carbocycles. The molecule has 3 aromatic rings. The fourth-order valence-electron chi connectivity index (χ4n) is 4.90. The third-order valence-electron chi connectivity index (χ3n) is 6.98. The van der Waals surface area contributed by atoms with E-state index in [-0.39, 0.29) is 45.8 Å². The van der Waals surface area contributed by atoms with Gasteiger partial charge in [0.25, 0.3) is 11.5 Å². The number of fused-ring (bicyclic) bond motifs is 1. The Balaban J connectivity index is 1.39. The van der Waals surface area contributed by atoms with Crippen LogP contribution in [0.5, 0.6) is 0 Å². The Morgan fingerprint density at radius 3 is 2.65 bits per heavy atom. The summed E-state index contributed by atoms with van der Waals surface area (Å²) in [6.45, 7) is 2.29. The quantitative estimate of drug-likeness (QED) is 0.313. The van der Waals surface area contributed by atoms with Crippen molar-refractivity contribution in [1.29, 1.82) is 0 Å². The van der Waals surface area contributed by atoms with Gasteiger partial charge in [-0.15, -0.1) is 0 Å². The summed E-state index contributed by atoms with van der Waals surface area (Å²) in [6.07, 6.45) is 0.219. The zero-order valence-electron chi connectivity index (χ0n) is 21.2. The van der Waals surface area contributed by atoms with Gasteiger partial charge < -0.3 is 10.6 Å². The number of hydrogen-bond acceptors (Lipinski definition) is 7. The first-order valence-electron chi connectivity index (χ1n) is 12.2. The molecule has 2 saturated heterocycles. The molecule has 6 amide bonds. The standard InChI is InChI=1S/C26H22ClFN6O6/c1-12-29-21-14(23(38)34(12)18-8-9-19(35)31-22(18)37)4-3-5-17(21)30-20(36)11-33-24(39)26(2,32-25(33)40)13-6-7-16(28)15(27)10-13/h3-7,10,18H,8-9,11H2,1-2H3,(H,30,36)(H,32,40)(H,31,35,37). The molecule has 1 aromatic heterocycles. The Morgan fingerprint density at radius 2 is 1.95 bits per heavy atom. The van der Waals surface area contributed by atoms with Gasteiger partial charge in [0.2, 0.25) is 17.7 Å². The number of rotatable bonds is 5. The van der Waals surface area contributed by atoms with E-state index in [0.29, 0.717) is 4.90 Å². The van der Waals surface area contributed by atoms with Gasteiger partial charge in [0.05, 0.1) is 16.1 Å². The number of hydrogen-bond donors (Lipinski definition) is 3. The second kappa shape index (κ2) is 9.83. The van der Waals surface area contributed by atoms with Crippen molar-refractivity contribution in [1.82, 2.24) is 25.1 Å². The summed E-state index contributed by atoms with van der Waals surface area (Å²) in [5.41, 5.74) is -1.58. The number of benzene rings is 2. The molecule has 12 nitrogen and oxygen atoms in total. The molecule has 2 aliphatic heterocycles. The van der Waals surface area contributed by atoms with Gasteiger partial charge in [0, 0.05) is 6.42 Å². The zero-order valence-corrected chi connectivity index (χ0v) is 22.0. The van der Waals surface area contributed by atoms with Gasteiger partial charge in [-0.25, -0.2) is 14.2 Å². The highest BCUT2D eigenvalue weighted by Gasteiger charge is 2.49. The van der Waals surface area contributed by atoms with Crippen LogP contribution in [0.4, 0.5) is 14.9 Å². The lowest BCUT2D eigenvalue weighted by Crippen LogP contribution is -2.45. The first kappa shape index (κ1) is 26.9. The van der Waals surface area contributed by atoms with Gasteiger partial charge in [-0.1, -0.05) is 23.7 Å². The molecule has 40 heavy (non-hydrogen) atoms. The number of nitrogens with one attached hydrogen (secondary N) is 3. The van der Waals surface area contributed by atoms with Crippen molar-refractivity contribution in [3.05, 3.63) is 69.0 Å². The van der Waals surface area contributed by atoms with Crippen LogP contribution >= 0.6 is 11.6 Å². The molecule has 2 atom stereocenters. The minimum Gasteiger partial charge on any atom is -0.323 e. The number of amides is 6. The monoisotopic (exact) mass is 568 g/mol. The van der Waals surface area contributed by atoms with Crippen LogP contribution in [-0.2, 0) is 24.7 Å². The molecule has 0 radical (unpaired) electrons. The van der Waals surface area contributed by atoms with Gasteiger partial charge in [-0.2, -0.15) is 0 Å². The second-order valence-corrected chi connectivity index (χ2v) is 10.0. The lowest BCUT2D eigenvalue weighted by molar-refractivity contribution is -0.136. The Bertz CT molecular complexity index is 1710. The first-order chi connectivity index (χ1) is 18.9. The molecule has 2 aliphatic rings. The summed E-state index contributed by atoms with van der Waals surface area (Å²) in [7, 11) is 0. The molecule has 14 heteroatoms. The van der Waals surface area contributed by atoms with E-state index in [1.165, 1.54) is 48.7 Å². The summed E-state index contributed by atoms with van der Waals surface area (Å²) < 4.78 is 14.8. The van der Waals surface area contributed by atoms with E-state index in [2.05, 4.69) is 20.9 Å². The topological polar surface area (TPSA) is 160 Å². The number of urea groups is 1. The molecule has 2 aromatic carbocycles. The Labute approximate surface area is 230 Å². The maximum Gasteiger partial charge on any atom is 0.325 e. The third-order valence-corrected chi connectivity index (χ3v) is 7.27. The van der Waals surface area contributed by atoms with E-state index in [4.69, 9.17) is 11.6 Å². The Morgan fingerprint density at radius 1 is 1.20 bits per heavy atom. The summed E-state index contributed by atoms with van der Waals surface area (Å²) in [5, 5.41) is 7.21. The van der Waals surface area contributed by atoms with Crippen LogP contribution in [0.15, 0.2) is 41.2 Å². The van der Waals surface area contributed by atoms with Crippen LogP contribution in [0.25, 0.3) is 10.9 Å². The SMILES string of the molecule is Cc1nc2c(NC(=O)CN3C(=O)NC(C)(c4ccc(F)c(Cl)c4)C3=O)cccc2c(=O)n1C1CCC(=O)NC1=O. The molecule has 2 fully saturated rings. The number of anilines is 1. The molecule has 2 unspecified atom stereocenters. The van der Waals surface area contributed by atoms with E-state index in [9.17, 15) is 33.2 Å². The van der Waals surface area contributed by atoms with E-state index in [1.807, 2.05) is 0 Å². The number of nitrogens with zero attached hydrogens (tertiary/aromatic N) is 3. The molecule has 0 bridgehead atoms. The van der Waals surface area contributed by atoms with E-state index < -0.39 is 59.2 Å². The summed E-state index contributed by atoms with van der Waals surface area (Å²) >= 11 is 5.85. The lowest BCUT2D eigenvalue weighted by Gasteiger charge is -2.24. The van der Waals surface area contributed by atoms with Crippen LogP contribution < -0.4 is 21.5 Å². The highest BCUT2D eigenvalue weighted by molar-refractivity contribution is 6.30.